The molecule has 0 aliphatic carbocycles. The first-order valence-electron chi connectivity index (χ1n) is 7.52. The highest BCUT2D eigenvalue weighted by molar-refractivity contribution is 4.91. The lowest BCUT2D eigenvalue weighted by molar-refractivity contribution is 0.123. The second-order valence-electron chi connectivity index (χ2n) is 5.77. The molecule has 1 aromatic heterocycles. The lowest BCUT2D eigenvalue weighted by Gasteiger charge is -2.36. The fourth-order valence-electron chi connectivity index (χ4n) is 2.80. The first-order chi connectivity index (χ1) is 9.19. The number of nitrogens with one attached hydrogen (secondary N) is 1. The van der Waals surface area contributed by atoms with Crippen molar-refractivity contribution in [3.63, 3.8) is 0 Å². The molecule has 0 spiro atoms. The number of piperidine rings is 1. The van der Waals surface area contributed by atoms with Crippen LogP contribution in [0.3, 0.4) is 0 Å². The van der Waals surface area contributed by atoms with Crippen LogP contribution in [0.2, 0.25) is 0 Å². The monoisotopic (exact) mass is 265 g/mol. The highest BCUT2D eigenvalue weighted by Gasteiger charge is 2.22. The Morgan fingerprint density at radius 3 is 2.95 bits per heavy atom. The second kappa shape index (κ2) is 7.01. The Morgan fingerprint density at radius 1 is 1.37 bits per heavy atom. The fraction of sp³-hybridized carbons (Fsp3) is 0.857. The van der Waals surface area contributed by atoms with Gasteiger partial charge in [-0.05, 0) is 38.8 Å². The van der Waals surface area contributed by atoms with E-state index in [1.54, 1.807) is 0 Å². The molecule has 5 heteroatoms. The van der Waals surface area contributed by atoms with Gasteiger partial charge in [-0.25, -0.2) is 0 Å². The minimum absolute atomic E-state index is 0.702. The van der Waals surface area contributed by atoms with Crippen LogP contribution in [0.4, 0.5) is 0 Å². The maximum Gasteiger partial charge on any atom is 0.0964 e. The molecule has 1 aromatic rings. The van der Waals surface area contributed by atoms with E-state index >= 15 is 0 Å². The average molecular weight is 265 g/mol. The molecular weight excluding hydrogens is 238 g/mol. The van der Waals surface area contributed by atoms with E-state index in [9.17, 15) is 0 Å². The zero-order chi connectivity index (χ0) is 13.7. The van der Waals surface area contributed by atoms with Crippen molar-refractivity contribution < 1.29 is 0 Å². The minimum Gasteiger partial charge on any atom is -0.311 e. The third-order valence-corrected chi connectivity index (χ3v) is 4.03. The summed E-state index contributed by atoms with van der Waals surface area (Å²) in [5.74, 6) is 0.879. The molecule has 1 fully saturated rings. The number of hydrogen-bond acceptors (Lipinski definition) is 4. The summed E-state index contributed by atoms with van der Waals surface area (Å²) < 4.78 is 1.97. The van der Waals surface area contributed by atoms with Crippen molar-refractivity contribution in [1.29, 1.82) is 0 Å². The minimum atomic E-state index is 0.702. The Hall–Kier alpha value is -0.940. The van der Waals surface area contributed by atoms with Gasteiger partial charge in [-0.2, -0.15) is 0 Å². The molecule has 5 nitrogen and oxygen atoms in total. The van der Waals surface area contributed by atoms with Gasteiger partial charge < -0.3 is 5.32 Å². The van der Waals surface area contributed by atoms with Gasteiger partial charge in [0.15, 0.2) is 0 Å². The first-order valence-corrected chi connectivity index (χ1v) is 7.52. The third-order valence-electron chi connectivity index (χ3n) is 4.03. The molecule has 2 unspecified atom stereocenters. The van der Waals surface area contributed by atoms with Crippen LogP contribution in [-0.4, -0.2) is 45.6 Å². The maximum absolute atomic E-state index is 4.19. The predicted octanol–water partition coefficient (Wildman–Crippen LogP) is 1.51. The molecule has 0 aromatic carbocycles. The highest BCUT2D eigenvalue weighted by atomic mass is 15.4. The van der Waals surface area contributed by atoms with E-state index in [1.165, 1.54) is 19.4 Å². The van der Waals surface area contributed by atoms with Gasteiger partial charge in [-0.15, -0.1) is 5.10 Å². The van der Waals surface area contributed by atoms with Gasteiger partial charge >= 0.3 is 0 Å². The van der Waals surface area contributed by atoms with Gasteiger partial charge in [0.1, 0.15) is 0 Å². The third kappa shape index (κ3) is 4.28. The molecule has 0 radical (unpaired) electrons. The summed E-state index contributed by atoms with van der Waals surface area (Å²) in [7, 11) is 0. The van der Waals surface area contributed by atoms with E-state index in [-0.39, 0.29) is 0 Å². The van der Waals surface area contributed by atoms with E-state index in [0.29, 0.717) is 6.04 Å². The molecule has 2 atom stereocenters. The van der Waals surface area contributed by atoms with Crippen molar-refractivity contribution in [2.75, 3.05) is 19.6 Å². The molecule has 19 heavy (non-hydrogen) atoms. The lowest BCUT2D eigenvalue weighted by Crippen LogP contribution is -2.41. The van der Waals surface area contributed by atoms with Crippen molar-refractivity contribution >= 4 is 0 Å². The van der Waals surface area contributed by atoms with Crippen LogP contribution in [0.1, 0.15) is 39.3 Å². The van der Waals surface area contributed by atoms with Crippen molar-refractivity contribution in [2.24, 2.45) is 5.92 Å². The predicted molar refractivity (Wildman–Crippen MR) is 76.8 cm³/mol. The van der Waals surface area contributed by atoms with Crippen LogP contribution in [0, 0.1) is 5.92 Å². The van der Waals surface area contributed by atoms with Gasteiger partial charge in [0, 0.05) is 25.3 Å². The molecule has 0 amide bonds. The van der Waals surface area contributed by atoms with Crippen LogP contribution in [0.15, 0.2) is 6.20 Å². The molecule has 1 aliphatic heterocycles. The Morgan fingerprint density at radius 2 is 2.21 bits per heavy atom. The van der Waals surface area contributed by atoms with Crippen LogP contribution in [0.25, 0.3) is 0 Å². The average Bonchev–Trinajstić information content (AvgIpc) is 2.83. The smallest absolute Gasteiger partial charge is 0.0964 e. The Kier molecular flexibility index (Phi) is 5.34. The number of likely N-dealkylation sites (tertiary alicyclic amines) is 1. The summed E-state index contributed by atoms with van der Waals surface area (Å²) in [5, 5.41) is 11.6. The Balaban J connectivity index is 1.77. The zero-order valence-corrected chi connectivity index (χ0v) is 12.5. The van der Waals surface area contributed by atoms with Crippen LogP contribution in [0.5, 0.6) is 0 Å². The van der Waals surface area contributed by atoms with E-state index < -0.39 is 0 Å². The van der Waals surface area contributed by atoms with E-state index in [0.717, 1.165) is 37.8 Å². The van der Waals surface area contributed by atoms with Crippen molar-refractivity contribution in [2.45, 2.75) is 52.7 Å². The SMILES string of the molecule is CCNCc1cn(CCN2CCC(C)CC2C)nn1. The van der Waals surface area contributed by atoms with E-state index in [4.69, 9.17) is 0 Å². The van der Waals surface area contributed by atoms with Crippen molar-refractivity contribution in [3.05, 3.63) is 11.9 Å². The second-order valence-corrected chi connectivity index (χ2v) is 5.77. The van der Waals surface area contributed by atoms with Gasteiger partial charge in [0.05, 0.1) is 12.2 Å². The van der Waals surface area contributed by atoms with Gasteiger partial charge in [0.25, 0.3) is 0 Å². The number of aromatic nitrogens is 3. The lowest BCUT2D eigenvalue weighted by atomic mass is 9.93. The molecule has 2 heterocycles. The largest absolute Gasteiger partial charge is 0.311 e. The van der Waals surface area contributed by atoms with Crippen LogP contribution in [-0.2, 0) is 13.1 Å². The number of rotatable bonds is 6. The van der Waals surface area contributed by atoms with Gasteiger partial charge in [-0.1, -0.05) is 19.1 Å². The summed E-state index contributed by atoms with van der Waals surface area (Å²) >= 11 is 0. The van der Waals surface area contributed by atoms with Gasteiger partial charge in [0.2, 0.25) is 0 Å². The fourth-order valence-corrected chi connectivity index (χ4v) is 2.80. The van der Waals surface area contributed by atoms with E-state index in [1.807, 2.05) is 4.68 Å². The summed E-state index contributed by atoms with van der Waals surface area (Å²) in [5.41, 5.74) is 1.03. The molecule has 0 saturated carbocycles. The number of nitrogens with zero attached hydrogens (tertiary/aromatic N) is 4. The van der Waals surface area contributed by atoms with Crippen LogP contribution < -0.4 is 5.32 Å². The van der Waals surface area contributed by atoms with Crippen molar-refractivity contribution in [1.82, 2.24) is 25.2 Å². The summed E-state index contributed by atoms with van der Waals surface area (Å²) in [6.07, 6.45) is 4.70. The first kappa shape index (κ1) is 14.5. The number of hydrogen-bond donors (Lipinski definition) is 1. The normalized spacial score (nSPS) is 24.8. The standard InChI is InChI=1S/C14H27N5/c1-4-15-10-14-11-19(17-16-14)8-7-18-6-5-12(2)9-13(18)3/h11-13,15H,4-10H2,1-3H3. The molecule has 108 valence electrons. The Labute approximate surface area is 116 Å². The Bertz CT molecular complexity index is 376. The quantitative estimate of drug-likeness (QED) is 0.847. The van der Waals surface area contributed by atoms with Crippen molar-refractivity contribution in [3.8, 4) is 0 Å². The molecule has 1 aliphatic rings. The molecular formula is C14H27N5. The maximum atomic E-state index is 4.19. The highest BCUT2D eigenvalue weighted by Crippen LogP contribution is 2.21. The summed E-state index contributed by atoms with van der Waals surface area (Å²) in [4.78, 5) is 2.58. The summed E-state index contributed by atoms with van der Waals surface area (Å²) in [6.45, 7) is 11.8. The molecule has 2 rings (SSSR count). The zero-order valence-electron chi connectivity index (χ0n) is 12.5. The molecule has 1 N–H and O–H groups in total. The van der Waals surface area contributed by atoms with Gasteiger partial charge in [-0.3, -0.25) is 9.58 Å². The molecule has 0 bridgehead atoms. The topological polar surface area (TPSA) is 46.0 Å². The van der Waals surface area contributed by atoms with E-state index in [2.05, 4.69) is 47.5 Å². The molecule has 1 saturated heterocycles. The summed E-state index contributed by atoms with van der Waals surface area (Å²) in [6, 6.07) is 0.702. The van der Waals surface area contributed by atoms with Crippen LogP contribution >= 0.6 is 0 Å².